The van der Waals surface area contributed by atoms with E-state index in [1.54, 1.807) is 18.2 Å². The SMILES string of the molecule is C=C(C)C(=O)O.CCOCCOC(C)=O.O=[N+]([O-])c1ccccc1. The molecule has 0 aliphatic rings. The number of hydrogen-bond donors (Lipinski definition) is 1. The van der Waals surface area contributed by atoms with Crippen molar-refractivity contribution in [3.63, 3.8) is 0 Å². The van der Waals surface area contributed by atoms with Gasteiger partial charge >= 0.3 is 11.9 Å². The van der Waals surface area contributed by atoms with Crippen molar-refractivity contribution in [2.45, 2.75) is 20.8 Å². The summed E-state index contributed by atoms with van der Waals surface area (Å²) >= 11 is 0. The largest absolute Gasteiger partial charge is 0.478 e. The monoisotopic (exact) mass is 341 g/mol. The Bertz CT molecular complexity index is 502. The molecular formula is C16H23NO7. The third-order valence-electron chi connectivity index (χ3n) is 2.07. The number of carbonyl (C=O) groups is 2. The van der Waals surface area contributed by atoms with E-state index < -0.39 is 10.9 Å². The van der Waals surface area contributed by atoms with Gasteiger partial charge in [0.25, 0.3) is 5.69 Å². The molecule has 0 heterocycles. The second-order valence-corrected chi connectivity index (χ2v) is 4.22. The van der Waals surface area contributed by atoms with Crippen molar-refractivity contribution in [3.8, 4) is 0 Å². The van der Waals surface area contributed by atoms with Crippen LogP contribution in [0.15, 0.2) is 42.5 Å². The Balaban J connectivity index is 0. The van der Waals surface area contributed by atoms with Crippen molar-refractivity contribution in [2.24, 2.45) is 0 Å². The molecule has 1 aromatic carbocycles. The van der Waals surface area contributed by atoms with E-state index >= 15 is 0 Å². The molecule has 0 fully saturated rings. The molecule has 24 heavy (non-hydrogen) atoms. The van der Waals surface area contributed by atoms with E-state index in [0.29, 0.717) is 19.8 Å². The highest BCUT2D eigenvalue weighted by atomic mass is 16.6. The number of ether oxygens (including phenoxy) is 2. The zero-order valence-electron chi connectivity index (χ0n) is 14.1. The molecular weight excluding hydrogens is 318 g/mol. The van der Waals surface area contributed by atoms with E-state index in [9.17, 15) is 19.7 Å². The second-order valence-electron chi connectivity index (χ2n) is 4.22. The first kappa shape index (κ1) is 23.5. The minimum Gasteiger partial charge on any atom is -0.478 e. The number of non-ortho nitro benzene ring substituents is 1. The van der Waals surface area contributed by atoms with Crippen LogP contribution >= 0.6 is 0 Å². The van der Waals surface area contributed by atoms with Gasteiger partial charge in [0, 0.05) is 31.2 Å². The third kappa shape index (κ3) is 17.3. The van der Waals surface area contributed by atoms with Gasteiger partial charge in [0.2, 0.25) is 0 Å². The van der Waals surface area contributed by atoms with Gasteiger partial charge in [-0.1, -0.05) is 24.8 Å². The van der Waals surface area contributed by atoms with Crippen LogP contribution in [0, 0.1) is 10.1 Å². The second kappa shape index (κ2) is 15.2. The van der Waals surface area contributed by atoms with Gasteiger partial charge in [-0.2, -0.15) is 0 Å². The molecule has 0 bridgehead atoms. The molecule has 1 N–H and O–H groups in total. The molecule has 1 rings (SSSR count). The average Bonchev–Trinajstić information content (AvgIpc) is 2.53. The lowest BCUT2D eigenvalue weighted by molar-refractivity contribution is -0.384. The summed E-state index contributed by atoms with van der Waals surface area (Å²) in [4.78, 5) is 29.3. The van der Waals surface area contributed by atoms with Gasteiger partial charge < -0.3 is 14.6 Å². The van der Waals surface area contributed by atoms with Gasteiger partial charge in [-0.15, -0.1) is 0 Å². The lowest BCUT2D eigenvalue weighted by Crippen LogP contribution is -2.06. The van der Waals surface area contributed by atoms with Crippen molar-refractivity contribution in [3.05, 3.63) is 52.6 Å². The molecule has 0 atom stereocenters. The average molecular weight is 341 g/mol. The van der Waals surface area contributed by atoms with E-state index in [-0.39, 0.29) is 17.2 Å². The van der Waals surface area contributed by atoms with Gasteiger partial charge in [-0.05, 0) is 13.8 Å². The summed E-state index contributed by atoms with van der Waals surface area (Å²) in [5, 5.41) is 17.9. The first-order valence-corrected chi connectivity index (χ1v) is 7.01. The molecule has 134 valence electrons. The molecule has 1 aromatic rings. The zero-order valence-corrected chi connectivity index (χ0v) is 14.1. The Morgan fingerprint density at radius 2 is 1.71 bits per heavy atom. The Morgan fingerprint density at radius 1 is 1.21 bits per heavy atom. The number of rotatable bonds is 6. The summed E-state index contributed by atoms with van der Waals surface area (Å²) in [5.41, 5.74) is 0.313. The van der Waals surface area contributed by atoms with Gasteiger partial charge in [0.1, 0.15) is 6.61 Å². The van der Waals surface area contributed by atoms with Gasteiger partial charge in [-0.3, -0.25) is 14.9 Å². The van der Waals surface area contributed by atoms with Crippen molar-refractivity contribution in [2.75, 3.05) is 19.8 Å². The number of nitro groups is 1. The molecule has 0 spiro atoms. The van der Waals surface area contributed by atoms with E-state index in [4.69, 9.17) is 9.84 Å². The predicted octanol–water partition coefficient (Wildman–Crippen LogP) is 2.83. The van der Waals surface area contributed by atoms with E-state index in [1.165, 1.54) is 26.0 Å². The molecule has 0 saturated carbocycles. The van der Waals surface area contributed by atoms with Crippen LogP contribution in [-0.2, 0) is 19.1 Å². The lowest BCUT2D eigenvalue weighted by atomic mass is 10.3. The quantitative estimate of drug-likeness (QED) is 0.278. The fourth-order valence-corrected chi connectivity index (χ4v) is 0.938. The van der Waals surface area contributed by atoms with Crippen LogP contribution in [0.25, 0.3) is 0 Å². The van der Waals surface area contributed by atoms with E-state index in [0.717, 1.165) is 0 Å². The van der Waals surface area contributed by atoms with E-state index in [2.05, 4.69) is 11.3 Å². The molecule has 0 aromatic heterocycles. The standard InChI is InChI=1S/C6H5NO2.C6H12O3.C4H6O2/c8-7(9)6-4-2-1-3-5-6;1-3-8-4-5-9-6(2)7;1-3(2)4(5)6/h1-5H;3-5H2,1-2H3;1H2,2H3,(H,5,6). The zero-order chi connectivity index (χ0) is 19.0. The minimum atomic E-state index is -0.935. The smallest absolute Gasteiger partial charge is 0.330 e. The summed E-state index contributed by atoms with van der Waals surface area (Å²) in [7, 11) is 0. The Kier molecular flexibility index (Phi) is 14.9. The van der Waals surface area contributed by atoms with Crippen LogP contribution in [0.1, 0.15) is 20.8 Å². The molecule has 0 aliphatic heterocycles. The topological polar surface area (TPSA) is 116 Å². The maximum Gasteiger partial charge on any atom is 0.330 e. The third-order valence-corrected chi connectivity index (χ3v) is 2.07. The molecule has 0 aliphatic carbocycles. The van der Waals surface area contributed by atoms with Gasteiger partial charge in [0.05, 0.1) is 11.5 Å². The van der Waals surface area contributed by atoms with Crippen LogP contribution in [0.2, 0.25) is 0 Å². The van der Waals surface area contributed by atoms with Crippen LogP contribution in [0.5, 0.6) is 0 Å². The van der Waals surface area contributed by atoms with Crippen molar-refractivity contribution in [1.29, 1.82) is 0 Å². The van der Waals surface area contributed by atoms with Gasteiger partial charge in [-0.25, -0.2) is 4.79 Å². The number of nitrogens with zero attached hydrogens (tertiary/aromatic N) is 1. The highest BCUT2D eigenvalue weighted by Gasteiger charge is 1.98. The fourth-order valence-electron chi connectivity index (χ4n) is 0.938. The normalized spacial score (nSPS) is 8.62. The van der Waals surface area contributed by atoms with Crippen molar-refractivity contribution < 1.29 is 29.1 Å². The van der Waals surface area contributed by atoms with Crippen LogP contribution in [-0.4, -0.2) is 41.8 Å². The molecule has 0 saturated heterocycles. The number of para-hydroxylation sites is 1. The number of benzene rings is 1. The molecule has 8 heteroatoms. The maximum absolute atomic E-state index is 10.1. The maximum atomic E-state index is 10.1. The number of esters is 1. The van der Waals surface area contributed by atoms with Crippen molar-refractivity contribution in [1.82, 2.24) is 0 Å². The van der Waals surface area contributed by atoms with Crippen molar-refractivity contribution >= 4 is 17.6 Å². The minimum absolute atomic E-state index is 0.137. The number of aliphatic carboxylic acids is 1. The molecule has 0 unspecified atom stereocenters. The summed E-state index contributed by atoms with van der Waals surface area (Å²) in [5.74, 6) is -1.19. The first-order chi connectivity index (χ1) is 11.2. The lowest BCUT2D eigenvalue weighted by Gasteiger charge is -1.99. The fraction of sp³-hybridized carbons (Fsp3) is 0.375. The molecule has 0 radical (unpaired) electrons. The molecule has 0 amide bonds. The van der Waals surface area contributed by atoms with Gasteiger partial charge in [0.15, 0.2) is 0 Å². The highest BCUT2D eigenvalue weighted by molar-refractivity contribution is 5.84. The highest BCUT2D eigenvalue weighted by Crippen LogP contribution is 2.06. The van der Waals surface area contributed by atoms with Crippen LogP contribution < -0.4 is 0 Å². The predicted molar refractivity (Wildman–Crippen MR) is 88.7 cm³/mol. The summed E-state index contributed by atoms with van der Waals surface area (Å²) < 4.78 is 9.49. The van der Waals surface area contributed by atoms with Crippen LogP contribution in [0.4, 0.5) is 5.69 Å². The first-order valence-electron chi connectivity index (χ1n) is 7.01. The summed E-state index contributed by atoms with van der Waals surface area (Å²) in [6, 6.07) is 7.93. The number of nitro benzene ring substituents is 1. The number of carboxylic acid groups (broad SMARTS) is 1. The molecule has 8 nitrogen and oxygen atoms in total. The Labute approximate surface area is 140 Å². The summed E-state index contributed by atoms with van der Waals surface area (Å²) in [6.07, 6.45) is 0. The van der Waals surface area contributed by atoms with Crippen LogP contribution in [0.3, 0.4) is 0 Å². The number of carbonyl (C=O) groups excluding carboxylic acids is 1. The summed E-state index contributed by atoms with van der Waals surface area (Å²) in [6.45, 7) is 9.41. The Morgan fingerprint density at radius 3 is 2.00 bits per heavy atom. The Hall–Kier alpha value is -2.74. The number of carboxylic acids is 1. The van der Waals surface area contributed by atoms with E-state index in [1.807, 2.05) is 6.92 Å². The number of hydrogen-bond acceptors (Lipinski definition) is 6.